The van der Waals surface area contributed by atoms with Gasteiger partial charge in [-0.3, -0.25) is 14.4 Å². The van der Waals surface area contributed by atoms with Crippen LogP contribution in [0.2, 0.25) is 0 Å². The molecule has 1 atom stereocenters. The van der Waals surface area contributed by atoms with E-state index in [2.05, 4.69) is 10.3 Å². The van der Waals surface area contributed by atoms with E-state index in [0.717, 1.165) is 0 Å². The van der Waals surface area contributed by atoms with Gasteiger partial charge in [0.25, 0.3) is 5.91 Å². The van der Waals surface area contributed by atoms with E-state index in [9.17, 15) is 19.2 Å². The number of ether oxygens (including phenoxy) is 1. The van der Waals surface area contributed by atoms with Crippen LogP contribution in [0.5, 0.6) is 0 Å². The summed E-state index contributed by atoms with van der Waals surface area (Å²) in [6.07, 6.45) is -1.04. The lowest BCUT2D eigenvalue weighted by Crippen LogP contribution is -2.25. The molecule has 0 radical (unpaired) electrons. The van der Waals surface area contributed by atoms with Gasteiger partial charge in [0.2, 0.25) is 5.78 Å². The third-order valence-electron chi connectivity index (χ3n) is 4.81. The van der Waals surface area contributed by atoms with E-state index in [0.29, 0.717) is 27.4 Å². The van der Waals surface area contributed by atoms with Crippen LogP contribution in [0.15, 0.2) is 41.8 Å². The first-order valence-electron chi connectivity index (χ1n) is 9.59. The number of amides is 1. The molecule has 160 valence electrons. The predicted octanol–water partition coefficient (Wildman–Crippen LogP) is 4.58. The standard InChI is InChI=1S/C23H22N2O5S/c1-12-19(14(3)26)13(2)24-20(12)21(27)15(4)30-23(29)16-7-9-17(10-8-16)25-22(28)18-6-5-11-31-18/h5-11,15,24H,1-4H3,(H,25,28). The molecule has 1 aromatic carbocycles. The fourth-order valence-electron chi connectivity index (χ4n) is 3.30. The van der Waals surface area contributed by atoms with Crippen molar-refractivity contribution in [2.24, 2.45) is 0 Å². The van der Waals surface area contributed by atoms with Crippen molar-refractivity contribution in [2.45, 2.75) is 33.8 Å². The van der Waals surface area contributed by atoms with Gasteiger partial charge in [-0.05, 0) is 69.0 Å². The highest BCUT2D eigenvalue weighted by Gasteiger charge is 2.26. The number of ketones is 2. The second-order valence-electron chi connectivity index (χ2n) is 7.10. The normalized spacial score (nSPS) is 11.6. The van der Waals surface area contributed by atoms with Crippen molar-refractivity contribution in [1.82, 2.24) is 4.98 Å². The average molecular weight is 439 g/mol. The number of hydrogen-bond donors (Lipinski definition) is 2. The molecule has 2 N–H and O–H groups in total. The molecule has 2 aromatic heterocycles. The zero-order valence-electron chi connectivity index (χ0n) is 17.6. The van der Waals surface area contributed by atoms with E-state index >= 15 is 0 Å². The fourth-order valence-corrected chi connectivity index (χ4v) is 3.92. The van der Waals surface area contributed by atoms with Gasteiger partial charge in [-0.1, -0.05) is 6.07 Å². The molecule has 0 bridgehead atoms. The van der Waals surface area contributed by atoms with E-state index in [1.54, 1.807) is 38.1 Å². The van der Waals surface area contributed by atoms with Gasteiger partial charge in [0.15, 0.2) is 11.9 Å². The number of anilines is 1. The fraction of sp³-hybridized carbons (Fsp3) is 0.217. The van der Waals surface area contributed by atoms with Crippen LogP contribution < -0.4 is 5.32 Å². The first-order valence-corrected chi connectivity index (χ1v) is 10.5. The summed E-state index contributed by atoms with van der Waals surface area (Å²) in [7, 11) is 0. The molecule has 3 aromatic rings. The van der Waals surface area contributed by atoms with Crippen LogP contribution in [-0.2, 0) is 4.74 Å². The van der Waals surface area contributed by atoms with E-state index in [1.165, 1.54) is 37.3 Å². The molecule has 8 heteroatoms. The second kappa shape index (κ2) is 9.09. The number of nitrogens with one attached hydrogen (secondary N) is 2. The van der Waals surface area contributed by atoms with E-state index < -0.39 is 17.9 Å². The number of aromatic nitrogens is 1. The minimum atomic E-state index is -1.04. The maximum absolute atomic E-state index is 12.7. The van der Waals surface area contributed by atoms with Crippen LogP contribution in [0.3, 0.4) is 0 Å². The Morgan fingerprint density at radius 2 is 1.74 bits per heavy atom. The molecule has 0 saturated carbocycles. The van der Waals surface area contributed by atoms with Gasteiger partial charge in [0, 0.05) is 16.9 Å². The predicted molar refractivity (Wildman–Crippen MR) is 118 cm³/mol. The van der Waals surface area contributed by atoms with E-state index in [1.807, 2.05) is 5.38 Å². The maximum atomic E-state index is 12.7. The van der Waals surface area contributed by atoms with Gasteiger partial charge in [-0.25, -0.2) is 4.79 Å². The van der Waals surface area contributed by atoms with Crippen molar-refractivity contribution in [1.29, 1.82) is 0 Å². The third kappa shape index (κ3) is 4.80. The average Bonchev–Trinajstić information content (AvgIpc) is 3.36. The van der Waals surface area contributed by atoms with Crippen LogP contribution in [0, 0.1) is 13.8 Å². The number of Topliss-reactive ketones (excluding diaryl/α,β-unsaturated/α-hetero) is 2. The van der Waals surface area contributed by atoms with Crippen molar-refractivity contribution in [2.75, 3.05) is 5.32 Å². The Labute approximate surface area is 183 Å². The molecule has 1 amide bonds. The Morgan fingerprint density at radius 3 is 2.29 bits per heavy atom. The Morgan fingerprint density at radius 1 is 1.06 bits per heavy atom. The van der Waals surface area contributed by atoms with Crippen LogP contribution in [0.1, 0.15) is 66.0 Å². The first kappa shape index (κ1) is 22.2. The molecule has 0 aliphatic rings. The van der Waals surface area contributed by atoms with Crippen molar-refractivity contribution in [3.05, 3.63) is 74.7 Å². The lowest BCUT2D eigenvalue weighted by molar-refractivity contribution is 0.0317. The molecule has 0 fully saturated rings. The van der Waals surface area contributed by atoms with Gasteiger partial charge in [0.05, 0.1) is 16.1 Å². The summed E-state index contributed by atoms with van der Waals surface area (Å²) in [5.74, 6) is -1.45. The van der Waals surface area contributed by atoms with Gasteiger partial charge >= 0.3 is 5.97 Å². The molecule has 0 spiro atoms. The number of hydrogen-bond acceptors (Lipinski definition) is 6. The molecule has 1 unspecified atom stereocenters. The maximum Gasteiger partial charge on any atom is 0.338 e. The molecule has 7 nitrogen and oxygen atoms in total. The Bertz CT molecular complexity index is 1140. The highest BCUT2D eigenvalue weighted by atomic mass is 32.1. The molecular weight excluding hydrogens is 416 g/mol. The third-order valence-corrected chi connectivity index (χ3v) is 5.68. The van der Waals surface area contributed by atoms with Crippen LogP contribution >= 0.6 is 11.3 Å². The van der Waals surface area contributed by atoms with Gasteiger partial charge in [-0.15, -0.1) is 11.3 Å². The van der Waals surface area contributed by atoms with Crippen LogP contribution in [-0.4, -0.2) is 34.5 Å². The number of benzene rings is 1. The van der Waals surface area contributed by atoms with Crippen molar-refractivity contribution < 1.29 is 23.9 Å². The Kier molecular flexibility index (Phi) is 6.50. The summed E-state index contributed by atoms with van der Waals surface area (Å²) in [5, 5.41) is 4.56. The van der Waals surface area contributed by atoms with Gasteiger partial charge in [0.1, 0.15) is 0 Å². The summed E-state index contributed by atoms with van der Waals surface area (Å²) in [4.78, 5) is 52.6. The van der Waals surface area contributed by atoms with Crippen molar-refractivity contribution in [3.8, 4) is 0 Å². The smallest absolute Gasteiger partial charge is 0.338 e. The molecular formula is C23H22N2O5S. The molecule has 3 rings (SSSR count). The number of rotatable bonds is 7. The number of thiophene rings is 1. The zero-order chi connectivity index (χ0) is 22.7. The highest BCUT2D eigenvalue weighted by Crippen LogP contribution is 2.21. The lowest BCUT2D eigenvalue weighted by atomic mass is 10.0. The largest absolute Gasteiger partial charge is 0.451 e. The Balaban J connectivity index is 1.65. The van der Waals surface area contributed by atoms with Crippen LogP contribution in [0.4, 0.5) is 5.69 Å². The summed E-state index contributed by atoms with van der Waals surface area (Å²) >= 11 is 1.33. The van der Waals surface area contributed by atoms with E-state index in [-0.39, 0.29) is 22.9 Å². The molecule has 31 heavy (non-hydrogen) atoms. The zero-order valence-corrected chi connectivity index (χ0v) is 18.4. The molecule has 0 aliphatic carbocycles. The summed E-state index contributed by atoms with van der Waals surface area (Å²) in [6.45, 7) is 6.33. The number of aryl methyl sites for hydroxylation is 1. The number of H-pyrrole nitrogens is 1. The number of carbonyl (C=O) groups is 4. The number of esters is 1. The molecule has 2 heterocycles. The summed E-state index contributed by atoms with van der Waals surface area (Å²) in [5.41, 5.74) is 2.67. The van der Waals surface area contributed by atoms with Gasteiger partial charge in [-0.2, -0.15) is 0 Å². The quantitative estimate of drug-likeness (QED) is 0.415. The molecule has 0 saturated heterocycles. The van der Waals surface area contributed by atoms with Crippen LogP contribution in [0.25, 0.3) is 0 Å². The summed E-state index contributed by atoms with van der Waals surface area (Å²) < 4.78 is 5.32. The summed E-state index contributed by atoms with van der Waals surface area (Å²) in [6, 6.07) is 9.72. The topological polar surface area (TPSA) is 105 Å². The monoisotopic (exact) mass is 438 g/mol. The first-order chi connectivity index (χ1) is 14.7. The minimum Gasteiger partial charge on any atom is -0.451 e. The minimum absolute atomic E-state index is 0.138. The van der Waals surface area contributed by atoms with Crippen molar-refractivity contribution in [3.63, 3.8) is 0 Å². The molecule has 0 aliphatic heterocycles. The lowest BCUT2D eigenvalue weighted by Gasteiger charge is -2.12. The Hall–Kier alpha value is -3.52. The second-order valence-corrected chi connectivity index (χ2v) is 8.05. The SMILES string of the molecule is CC(=O)c1c(C)[nH]c(C(=O)C(C)OC(=O)c2ccc(NC(=O)c3cccs3)cc2)c1C. The van der Waals surface area contributed by atoms with Gasteiger partial charge < -0.3 is 15.0 Å². The van der Waals surface area contributed by atoms with E-state index in [4.69, 9.17) is 4.74 Å². The van der Waals surface area contributed by atoms with Crippen molar-refractivity contribution >= 4 is 40.5 Å². The number of aromatic amines is 1. The highest BCUT2D eigenvalue weighted by molar-refractivity contribution is 7.12. The number of carbonyl (C=O) groups excluding carboxylic acids is 4.